The minimum absolute atomic E-state index is 0.117. The van der Waals surface area contributed by atoms with Gasteiger partial charge in [0.05, 0.1) is 5.41 Å². The molecule has 4 nitrogen and oxygen atoms in total. The summed E-state index contributed by atoms with van der Waals surface area (Å²) in [5.41, 5.74) is -1.09. The first-order valence-electron chi connectivity index (χ1n) is 6.86. The van der Waals surface area contributed by atoms with E-state index >= 15 is 0 Å². The zero-order chi connectivity index (χ0) is 13.8. The van der Waals surface area contributed by atoms with Gasteiger partial charge in [-0.1, -0.05) is 26.2 Å². The molecule has 0 spiro atoms. The predicted octanol–water partition coefficient (Wildman–Crippen LogP) is 2.72. The van der Waals surface area contributed by atoms with Gasteiger partial charge in [0.2, 0.25) is 5.91 Å². The quantitative estimate of drug-likeness (QED) is 0.793. The molecule has 0 bridgehead atoms. The van der Waals surface area contributed by atoms with E-state index in [-0.39, 0.29) is 17.9 Å². The topological polar surface area (TPSA) is 66.4 Å². The standard InChI is InChI=1S/C14H25NO3/c1-4-13(2,3)15-11(16)10-14(12(17)18)8-6-5-7-9-14/h4-10H2,1-3H3,(H,15,16)(H,17,18). The fraction of sp³-hybridized carbons (Fsp3) is 0.857. The Morgan fingerprint density at radius 3 is 2.22 bits per heavy atom. The number of rotatable bonds is 5. The highest BCUT2D eigenvalue weighted by molar-refractivity contribution is 5.85. The maximum absolute atomic E-state index is 12.0. The van der Waals surface area contributed by atoms with Gasteiger partial charge in [0.15, 0.2) is 0 Å². The fourth-order valence-electron chi connectivity index (χ4n) is 2.51. The minimum Gasteiger partial charge on any atom is -0.481 e. The molecule has 0 aliphatic heterocycles. The monoisotopic (exact) mass is 255 g/mol. The molecule has 0 radical (unpaired) electrons. The lowest BCUT2D eigenvalue weighted by Gasteiger charge is -2.34. The molecule has 1 fully saturated rings. The highest BCUT2D eigenvalue weighted by atomic mass is 16.4. The Balaban J connectivity index is 2.67. The van der Waals surface area contributed by atoms with Crippen LogP contribution in [0.4, 0.5) is 0 Å². The molecule has 0 saturated heterocycles. The van der Waals surface area contributed by atoms with Gasteiger partial charge < -0.3 is 10.4 Å². The molecule has 1 aliphatic rings. The van der Waals surface area contributed by atoms with Gasteiger partial charge in [0, 0.05) is 12.0 Å². The van der Waals surface area contributed by atoms with E-state index in [1.54, 1.807) is 0 Å². The van der Waals surface area contributed by atoms with Crippen molar-refractivity contribution in [2.75, 3.05) is 0 Å². The Morgan fingerprint density at radius 1 is 1.22 bits per heavy atom. The van der Waals surface area contributed by atoms with Crippen molar-refractivity contribution < 1.29 is 14.7 Å². The molecule has 0 aromatic carbocycles. The summed E-state index contributed by atoms with van der Waals surface area (Å²) < 4.78 is 0. The zero-order valence-corrected chi connectivity index (χ0v) is 11.7. The lowest BCUT2D eigenvalue weighted by atomic mass is 9.71. The Bertz CT molecular complexity index is 317. The third kappa shape index (κ3) is 3.72. The average molecular weight is 255 g/mol. The summed E-state index contributed by atoms with van der Waals surface area (Å²) in [6.45, 7) is 5.92. The van der Waals surface area contributed by atoms with Crippen LogP contribution in [-0.4, -0.2) is 22.5 Å². The second-order valence-corrected chi connectivity index (χ2v) is 6.11. The van der Waals surface area contributed by atoms with Crippen molar-refractivity contribution >= 4 is 11.9 Å². The van der Waals surface area contributed by atoms with E-state index in [0.717, 1.165) is 25.7 Å². The van der Waals surface area contributed by atoms with Gasteiger partial charge in [-0.3, -0.25) is 9.59 Å². The molecule has 0 atom stereocenters. The first kappa shape index (κ1) is 15.0. The first-order valence-corrected chi connectivity index (χ1v) is 6.86. The molecule has 2 N–H and O–H groups in total. The van der Waals surface area contributed by atoms with Gasteiger partial charge in [0.25, 0.3) is 0 Å². The van der Waals surface area contributed by atoms with E-state index in [2.05, 4.69) is 5.32 Å². The summed E-state index contributed by atoms with van der Waals surface area (Å²) in [4.78, 5) is 23.5. The largest absolute Gasteiger partial charge is 0.481 e. The van der Waals surface area contributed by atoms with Crippen LogP contribution >= 0.6 is 0 Å². The van der Waals surface area contributed by atoms with E-state index in [0.29, 0.717) is 12.8 Å². The van der Waals surface area contributed by atoms with Gasteiger partial charge in [-0.05, 0) is 33.1 Å². The molecule has 1 saturated carbocycles. The zero-order valence-electron chi connectivity index (χ0n) is 11.7. The molecular weight excluding hydrogens is 230 g/mol. The molecule has 104 valence electrons. The van der Waals surface area contributed by atoms with Crippen molar-refractivity contribution in [1.82, 2.24) is 5.32 Å². The van der Waals surface area contributed by atoms with Crippen LogP contribution in [0.3, 0.4) is 0 Å². The molecule has 4 heteroatoms. The number of hydrogen-bond acceptors (Lipinski definition) is 2. The maximum atomic E-state index is 12.0. The third-order valence-electron chi connectivity index (χ3n) is 4.12. The highest BCUT2D eigenvalue weighted by Crippen LogP contribution is 2.39. The van der Waals surface area contributed by atoms with Crippen LogP contribution in [0.25, 0.3) is 0 Å². The molecule has 0 heterocycles. The summed E-state index contributed by atoms with van der Waals surface area (Å²) in [5, 5.41) is 12.3. The summed E-state index contributed by atoms with van der Waals surface area (Å²) in [6, 6.07) is 0. The van der Waals surface area contributed by atoms with E-state index in [1.165, 1.54) is 0 Å². The van der Waals surface area contributed by atoms with Crippen molar-refractivity contribution in [3.05, 3.63) is 0 Å². The molecule has 0 unspecified atom stereocenters. The molecule has 1 aliphatic carbocycles. The molecule has 1 rings (SSSR count). The molecule has 1 amide bonds. The Hall–Kier alpha value is -1.06. The van der Waals surface area contributed by atoms with Gasteiger partial charge >= 0.3 is 5.97 Å². The van der Waals surface area contributed by atoms with Crippen LogP contribution in [0.15, 0.2) is 0 Å². The Kier molecular flexibility index (Phi) is 4.77. The lowest BCUT2D eigenvalue weighted by molar-refractivity contribution is -0.154. The number of hydrogen-bond donors (Lipinski definition) is 2. The molecular formula is C14H25NO3. The van der Waals surface area contributed by atoms with E-state index < -0.39 is 11.4 Å². The van der Waals surface area contributed by atoms with Crippen LogP contribution < -0.4 is 5.32 Å². The number of nitrogens with one attached hydrogen (secondary N) is 1. The van der Waals surface area contributed by atoms with Gasteiger partial charge in [-0.25, -0.2) is 0 Å². The van der Waals surface area contributed by atoms with Crippen molar-refractivity contribution in [1.29, 1.82) is 0 Å². The van der Waals surface area contributed by atoms with Crippen LogP contribution in [-0.2, 0) is 9.59 Å². The van der Waals surface area contributed by atoms with Crippen LogP contribution in [0, 0.1) is 5.41 Å². The number of carboxylic acid groups (broad SMARTS) is 1. The summed E-state index contributed by atoms with van der Waals surface area (Å²) in [5.74, 6) is -0.946. The first-order chi connectivity index (χ1) is 8.31. The molecule has 0 aromatic heterocycles. The van der Waals surface area contributed by atoms with Gasteiger partial charge in [-0.2, -0.15) is 0 Å². The number of amides is 1. The van der Waals surface area contributed by atoms with Gasteiger partial charge in [0.1, 0.15) is 0 Å². The second kappa shape index (κ2) is 5.72. The minimum atomic E-state index is -0.827. The van der Waals surface area contributed by atoms with Crippen molar-refractivity contribution in [2.45, 2.75) is 71.3 Å². The normalized spacial score (nSPS) is 19.3. The number of aliphatic carboxylic acids is 1. The molecule has 0 aromatic rings. The number of carbonyl (C=O) groups excluding carboxylic acids is 1. The number of carbonyl (C=O) groups is 2. The van der Waals surface area contributed by atoms with E-state index in [9.17, 15) is 14.7 Å². The van der Waals surface area contributed by atoms with Gasteiger partial charge in [-0.15, -0.1) is 0 Å². The second-order valence-electron chi connectivity index (χ2n) is 6.11. The third-order valence-corrected chi connectivity index (χ3v) is 4.12. The lowest BCUT2D eigenvalue weighted by Crippen LogP contribution is -2.46. The summed E-state index contributed by atoms with van der Waals surface area (Å²) in [6.07, 6.45) is 5.11. The SMILES string of the molecule is CCC(C)(C)NC(=O)CC1(C(=O)O)CCCCC1. The van der Waals surface area contributed by atoms with Crippen LogP contribution in [0.2, 0.25) is 0 Å². The fourth-order valence-corrected chi connectivity index (χ4v) is 2.51. The average Bonchev–Trinajstić information content (AvgIpc) is 2.29. The van der Waals surface area contributed by atoms with Crippen molar-refractivity contribution in [3.8, 4) is 0 Å². The predicted molar refractivity (Wildman–Crippen MR) is 70.3 cm³/mol. The van der Waals surface area contributed by atoms with Crippen molar-refractivity contribution in [2.24, 2.45) is 5.41 Å². The Morgan fingerprint density at radius 2 is 1.78 bits per heavy atom. The maximum Gasteiger partial charge on any atom is 0.310 e. The summed E-state index contributed by atoms with van der Waals surface area (Å²) >= 11 is 0. The smallest absolute Gasteiger partial charge is 0.310 e. The van der Waals surface area contributed by atoms with Crippen molar-refractivity contribution in [3.63, 3.8) is 0 Å². The number of carboxylic acids is 1. The molecule has 18 heavy (non-hydrogen) atoms. The van der Waals surface area contributed by atoms with Crippen LogP contribution in [0.1, 0.15) is 65.7 Å². The Labute approximate surface area is 109 Å². The van der Waals surface area contributed by atoms with E-state index in [4.69, 9.17) is 0 Å². The van der Waals surface area contributed by atoms with E-state index in [1.807, 2.05) is 20.8 Å². The summed E-state index contributed by atoms with van der Waals surface area (Å²) in [7, 11) is 0. The highest BCUT2D eigenvalue weighted by Gasteiger charge is 2.41. The van der Waals surface area contributed by atoms with Crippen LogP contribution in [0.5, 0.6) is 0 Å².